The Bertz CT molecular complexity index is 27.2. The van der Waals surface area contributed by atoms with Crippen molar-refractivity contribution >= 4 is 32.1 Å². The summed E-state index contributed by atoms with van der Waals surface area (Å²) in [7, 11) is -5.36. The maximum Gasteiger partial charge on any atom is 2.00 e. The number of hydrogen-bond donors (Lipinski definition) is 1. The van der Waals surface area contributed by atoms with E-state index in [1.54, 1.807) is 0 Å². The van der Waals surface area contributed by atoms with Gasteiger partial charge in [0.2, 0.25) is 0 Å². The van der Waals surface area contributed by atoms with E-state index in [1.807, 2.05) is 0 Å². The molecule has 0 heterocycles. The maximum atomic E-state index is 8.69. The van der Waals surface area contributed by atoms with Crippen LogP contribution in [0.3, 0.4) is 0 Å². The van der Waals surface area contributed by atoms with E-state index in [4.69, 9.17) is 19.2 Å². The fraction of sp³-hybridized carbons (Fsp3) is 0. The maximum absolute atomic E-state index is 8.69. The molecule has 0 radical (unpaired) electrons. The van der Waals surface area contributed by atoms with Gasteiger partial charge in [0.05, 0.1) is 0 Å². The van der Waals surface area contributed by atoms with Crippen molar-refractivity contribution in [2.24, 2.45) is 0 Å². The molecule has 0 atom stereocenters. The molecule has 0 aromatic heterocycles. The molecular formula is HLiMgO4Si. The second-order valence-electron chi connectivity index (χ2n) is 0.524. The van der Waals surface area contributed by atoms with Crippen LogP contribution in [-0.4, -0.2) is 36.9 Å². The SMILES string of the molecule is [Li+].[Mg+2].[O-][Si]([O-])([O-])O. The van der Waals surface area contributed by atoms with Crippen LogP contribution in [0.4, 0.5) is 0 Å². The Morgan fingerprint density at radius 3 is 1.14 bits per heavy atom. The summed E-state index contributed by atoms with van der Waals surface area (Å²) >= 11 is 0. The Kier molecular flexibility index (Phi) is 12.5. The molecule has 0 unspecified atom stereocenters. The van der Waals surface area contributed by atoms with Crippen LogP contribution in [0, 0.1) is 0 Å². The van der Waals surface area contributed by atoms with Gasteiger partial charge >= 0.3 is 41.9 Å². The molecule has 0 aliphatic heterocycles. The first kappa shape index (κ1) is 15.8. The third-order valence-electron chi connectivity index (χ3n) is 0. The van der Waals surface area contributed by atoms with Crippen molar-refractivity contribution < 1.29 is 38.0 Å². The predicted octanol–water partition coefficient (Wildman–Crippen LogP) is -7.88. The van der Waals surface area contributed by atoms with E-state index in [9.17, 15) is 0 Å². The minimum absolute atomic E-state index is 0. The molecule has 7 heteroatoms. The second kappa shape index (κ2) is 5.56. The molecule has 0 amide bonds. The van der Waals surface area contributed by atoms with E-state index >= 15 is 0 Å². The van der Waals surface area contributed by atoms with E-state index in [-0.39, 0.29) is 41.9 Å². The van der Waals surface area contributed by atoms with E-state index in [0.717, 1.165) is 0 Å². The molecule has 7 heavy (non-hydrogen) atoms. The number of rotatable bonds is 0. The Morgan fingerprint density at radius 2 is 1.14 bits per heavy atom. The van der Waals surface area contributed by atoms with Crippen molar-refractivity contribution in [2.45, 2.75) is 0 Å². The van der Waals surface area contributed by atoms with Gasteiger partial charge in [0.15, 0.2) is 0 Å². The monoisotopic (exact) mass is 124 g/mol. The molecule has 0 aliphatic rings. The van der Waals surface area contributed by atoms with E-state index in [0.29, 0.717) is 0 Å². The van der Waals surface area contributed by atoms with Gasteiger partial charge in [0.25, 0.3) is 0 Å². The van der Waals surface area contributed by atoms with E-state index in [1.165, 1.54) is 0 Å². The Hall–Kier alpha value is 1.42. The second-order valence-corrected chi connectivity index (χ2v) is 1.57. The molecule has 0 saturated heterocycles. The molecule has 0 spiro atoms. The molecular weight excluding hydrogens is 123 g/mol. The molecule has 32 valence electrons. The van der Waals surface area contributed by atoms with Crippen molar-refractivity contribution in [1.29, 1.82) is 0 Å². The van der Waals surface area contributed by atoms with E-state index < -0.39 is 9.05 Å². The minimum Gasteiger partial charge on any atom is -0.861 e. The molecule has 0 aromatic carbocycles. The minimum atomic E-state index is -5.36. The fourth-order valence-electron chi connectivity index (χ4n) is 0. The van der Waals surface area contributed by atoms with Crippen molar-refractivity contribution in [2.75, 3.05) is 0 Å². The van der Waals surface area contributed by atoms with Gasteiger partial charge in [-0.2, -0.15) is 0 Å². The molecule has 0 fully saturated rings. The normalized spacial score (nSPS) is 8.57. The molecule has 4 nitrogen and oxygen atoms in total. The molecule has 0 saturated carbocycles. The zero-order valence-electron chi connectivity index (χ0n) is 3.88. The van der Waals surface area contributed by atoms with Crippen molar-refractivity contribution in [3.05, 3.63) is 0 Å². The molecule has 0 aromatic rings. The molecule has 1 N–H and O–H groups in total. The van der Waals surface area contributed by atoms with Gasteiger partial charge in [0, 0.05) is 0 Å². The summed E-state index contributed by atoms with van der Waals surface area (Å²) in [6, 6.07) is 0. The van der Waals surface area contributed by atoms with Gasteiger partial charge in [-0.1, -0.05) is 0 Å². The van der Waals surface area contributed by atoms with Crippen LogP contribution < -0.4 is 33.2 Å². The zero-order chi connectivity index (χ0) is 4.50. The molecule has 0 rings (SSSR count). The van der Waals surface area contributed by atoms with Crippen molar-refractivity contribution in [1.82, 2.24) is 0 Å². The summed E-state index contributed by atoms with van der Waals surface area (Å²) in [6.07, 6.45) is 0. The first-order valence-electron chi connectivity index (χ1n) is 0.836. The summed E-state index contributed by atoms with van der Waals surface area (Å²) < 4.78 is 0. The fourth-order valence-corrected chi connectivity index (χ4v) is 0. The van der Waals surface area contributed by atoms with Crippen LogP contribution in [0.5, 0.6) is 0 Å². The number of hydrogen-bond acceptors (Lipinski definition) is 4. The van der Waals surface area contributed by atoms with Crippen LogP contribution in [0.2, 0.25) is 0 Å². The largest absolute Gasteiger partial charge is 2.00 e. The zero-order valence-corrected chi connectivity index (χ0v) is 6.29. The van der Waals surface area contributed by atoms with Crippen LogP contribution >= 0.6 is 0 Å². The Balaban J connectivity index is -0.0000000800. The van der Waals surface area contributed by atoms with Crippen LogP contribution in [0.25, 0.3) is 0 Å². The standard InChI is InChI=1S/Li.Mg.HO4Si/c;;1-5(2,3)4/h;;1H/q+1;+2;-3. The quantitative estimate of drug-likeness (QED) is 0.325. The molecule has 0 bridgehead atoms. The van der Waals surface area contributed by atoms with Gasteiger partial charge in [-0.15, -0.1) is 9.05 Å². The average molecular weight is 124 g/mol. The van der Waals surface area contributed by atoms with Crippen LogP contribution in [-0.2, 0) is 0 Å². The summed E-state index contributed by atoms with van der Waals surface area (Å²) in [5.74, 6) is 0. The first-order chi connectivity index (χ1) is 2.00. The van der Waals surface area contributed by atoms with Gasteiger partial charge in [-0.3, -0.25) is 0 Å². The molecule has 0 aliphatic carbocycles. The van der Waals surface area contributed by atoms with Crippen molar-refractivity contribution in [3.63, 3.8) is 0 Å². The van der Waals surface area contributed by atoms with E-state index in [2.05, 4.69) is 0 Å². The van der Waals surface area contributed by atoms with Crippen LogP contribution in [0.1, 0.15) is 0 Å². The summed E-state index contributed by atoms with van der Waals surface area (Å²) in [5, 5.41) is 0. The summed E-state index contributed by atoms with van der Waals surface area (Å²) in [4.78, 5) is 33.1. The van der Waals surface area contributed by atoms with Gasteiger partial charge in [0.1, 0.15) is 0 Å². The van der Waals surface area contributed by atoms with Crippen molar-refractivity contribution in [3.8, 4) is 0 Å². The van der Waals surface area contributed by atoms with Gasteiger partial charge < -0.3 is 19.2 Å². The van der Waals surface area contributed by atoms with Gasteiger partial charge in [-0.25, -0.2) is 0 Å². The topological polar surface area (TPSA) is 89.4 Å². The predicted molar refractivity (Wildman–Crippen MR) is 13.7 cm³/mol. The Labute approximate surface area is 70.0 Å². The smallest absolute Gasteiger partial charge is 0.861 e. The summed E-state index contributed by atoms with van der Waals surface area (Å²) in [6.45, 7) is 0. The third-order valence-corrected chi connectivity index (χ3v) is 0. The first-order valence-corrected chi connectivity index (χ1v) is 2.51. The van der Waals surface area contributed by atoms with Crippen LogP contribution in [0.15, 0.2) is 0 Å². The third kappa shape index (κ3) is 108. The summed E-state index contributed by atoms with van der Waals surface area (Å²) in [5.41, 5.74) is 0. The average Bonchev–Trinajstić information content (AvgIpc) is 0.722. The Morgan fingerprint density at radius 1 is 1.14 bits per heavy atom. The van der Waals surface area contributed by atoms with Gasteiger partial charge in [-0.05, 0) is 0 Å².